The van der Waals surface area contributed by atoms with Gasteiger partial charge in [0.2, 0.25) is 0 Å². The van der Waals surface area contributed by atoms with Crippen molar-refractivity contribution in [3.05, 3.63) is 0 Å². The van der Waals surface area contributed by atoms with E-state index in [0.717, 1.165) is 12.8 Å². The monoisotopic (exact) mass is 412 g/mol. The maximum Gasteiger partial charge on any atom is 0.186 e. The topological polar surface area (TPSA) is 77.4 Å². The van der Waals surface area contributed by atoms with Crippen LogP contribution in [0.25, 0.3) is 0 Å². The van der Waals surface area contributed by atoms with E-state index < -0.39 is 33.2 Å². The lowest BCUT2D eigenvalue weighted by molar-refractivity contribution is -0.366. The number of aliphatic hydroxyl groups is 2. The summed E-state index contributed by atoms with van der Waals surface area (Å²) in [7, 11) is 0. The fourth-order valence-corrected chi connectivity index (χ4v) is 4.61. The van der Waals surface area contributed by atoms with Gasteiger partial charge in [-0.1, -0.05) is 13.8 Å². The van der Waals surface area contributed by atoms with Crippen LogP contribution in [0.3, 0.4) is 0 Å². The van der Waals surface area contributed by atoms with Crippen LogP contribution >= 0.6 is 23.2 Å². The predicted octanol–water partition coefficient (Wildman–Crippen LogP) is 2.26. The van der Waals surface area contributed by atoms with E-state index in [0.29, 0.717) is 39.3 Å². The summed E-state index contributed by atoms with van der Waals surface area (Å²) >= 11 is 13.4. The molecule has 0 aromatic heterocycles. The molecular weight excluding hydrogens is 383 g/mol. The first-order chi connectivity index (χ1) is 12.3. The number of alkyl halides is 2. The molecular formula is C18H30Cl2O6. The summed E-state index contributed by atoms with van der Waals surface area (Å²) in [6.07, 6.45) is 2.19. The molecule has 26 heavy (non-hydrogen) atoms. The van der Waals surface area contributed by atoms with E-state index in [9.17, 15) is 10.2 Å². The van der Waals surface area contributed by atoms with E-state index >= 15 is 0 Å². The molecule has 0 aromatic rings. The van der Waals surface area contributed by atoms with Gasteiger partial charge in [-0.25, -0.2) is 0 Å². The van der Waals surface area contributed by atoms with Crippen molar-refractivity contribution in [3.8, 4) is 0 Å². The van der Waals surface area contributed by atoms with Crippen molar-refractivity contribution >= 4 is 23.2 Å². The lowest BCUT2D eigenvalue weighted by Crippen LogP contribution is -2.66. The van der Waals surface area contributed by atoms with Crippen molar-refractivity contribution in [2.45, 2.75) is 61.9 Å². The van der Waals surface area contributed by atoms with E-state index in [1.807, 2.05) is 13.8 Å². The van der Waals surface area contributed by atoms with Crippen LogP contribution in [0.15, 0.2) is 0 Å². The highest BCUT2D eigenvalue weighted by Gasteiger charge is 2.61. The second kappa shape index (κ2) is 7.64. The quantitative estimate of drug-likeness (QED) is 0.689. The van der Waals surface area contributed by atoms with Crippen molar-refractivity contribution < 1.29 is 29.2 Å². The SMILES string of the molecule is CCC1(CO)COC2(CC(Cl)C3(CC2Cl)OCC(CC)(CO)CO3)OC1. The van der Waals surface area contributed by atoms with Crippen LogP contribution in [0.1, 0.15) is 39.5 Å². The Balaban J connectivity index is 1.69. The average Bonchev–Trinajstić information content (AvgIpc) is 2.68. The zero-order chi connectivity index (χ0) is 19.1. The van der Waals surface area contributed by atoms with Gasteiger partial charge < -0.3 is 29.2 Å². The van der Waals surface area contributed by atoms with Gasteiger partial charge in [0.25, 0.3) is 0 Å². The first-order valence-electron chi connectivity index (χ1n) is 9.38. The number of hydrogen-bond acceptors (Lipinski definition) is 6. The lowest BCUT2D eigenvalue weighted by Gasteiger charge is -2.56. The van der Waals surface area contributed by atoms with Gasteiger partial charge in [0.05, 0.1) is 50.4 Å². The normalized spacial score (nSPS) is 49.6. The molecule has 3 aliphatic rings. The van der Waals surface area contributed by atoms with Crippen LogP contribution in [0.5, 0.6) is 0 Å². The number of ether oxygens (including phenoxy) is 4. The Morgan fingerprint density at radius 3 is 1.27 bits per heavy atom. The number of hydrogen-bond donors (Lipinski definition) is 2. The standard InChI is InChI=1S/C18H30Cl2O6/c1-3-15(7-21)9-23-17(24-10-15)5-14(20)18(6-13(17)19)25-11-16(4-2,8-22)12-26-18/h13-14,21-22H,3-12H2,1-2H3. The molecule has 6 nitrogen and oxygen atoms in total. The van der Waals surface area contributed by atoms with Gasteiger partial charge in [-0.05, 0) is 12.8 Å². The number of aliphatic hydroxyl groups excluding tert-OH is 2. The van der Waals surface area contributed by atoms with E-state index in [1.54, 1.807) is 0 Å². The first kappa shape index (κ1) is 21.1. The molecule has 3 rings (SSSR count). The highest BCUT2D eigenvalue weighted by molar-refractivity contribution is 6.23. The maximum atomic E-state index is 9.66. The summed E-state index contributed by atoms with van der Waals surface area (Å²) in [4.78, 5) is 0. The molecule has 2 saturated heterocycles. The molecule has 3 fully saturated rings. The van der Waals surface area contributed by atoms with Crippen molar-refractivity contribution in [2.75, 3.05) is 39.6 Å². The summed E-state index contributed by atoms with van der Waals surface area (Å²) in [5.41, 5.74) is -0.781. The lowest BCUT2D eigenvalue weighted by atomic mass is 9.81. The highest BCUT2D eigenvalue weighted by Crippen LogP contribution is 2.51. The zero-order valence-corrected chi connectivity index (χ0v) is 17.0. The molecule has 2 unspecified atom stereocenters. The third kappa shape index (κ3) is 3.41. The number of halogens is 2. The molecule has 2 spiro atoms. The summed E-state index contributed by atoms with van der Waals surface area (Å²) < 4.78 is 24.2. The Kier molecular flexibility index (Phi) is 6.18. The molecule has 0 bridgehead atoms. The fraction of sp³-hybridized carbons (Fsp3) is 1.00. The third-order valence-corrected chi connectivity index (χ3v) is 7.52. The average molecular weight is 413 g/mol. The van der Waals surface area contributed by atoms with Crippen LogP contribution in [-0.2, 0) is 18.9 Å². The minimum absolute atomic E-state index is 0.00720. The zero-order valence-electron chi connectivity index (χ0n) is 15.5. The summed E-state index contributed by atoms with van der Waals surface area (Å²) in [5.74, 6) is -1.98. The summed E-state index contributed by atoms with van der Waals surface area (Å²) in [6, 6.07) is 0. The molecule has 2 atom stereocenters. The number of rotatable bonds is 4. The molecule has 1 aliphatic carbocycles. The van der Waals surface area contributed by atoms with E-state index in [-0.39, 0.29) is 13.2 Å². The van der Waals surface area contributed by atoms with Crippen LogP contribution in [0.2, 0.25) is 0 Å². The molecule has 1 saturated carbocycles. The largest absolute Gasteiger partial charge is 0.396 e. The molecule has 0 aromatic carbocycles. The van der Waals surface area contributed by atoms with Gasteiger partial charge in [0, 0.05) is 23.7 Å². The Morgan fingerprint density at radius 2 is 1.04 bits per heavy atom. The van der Waals surface area contributed by atoms with Crippen LogP contribution < -0.4 is 0 Å². The van der Waals surface area contributed by atoms with Gasteiger partial charge in [-0.2, -0.15) is 0 Å². The van der Waals surface area contributed by atoms with E-state index in [1.165, 1.54) is 0 Å². The molecule has 152 valence electrons. The van der Waals surface area contributed by atoms with Crippen molar-refractivity contribution in [2.24, 2.45) is 10.8 Å². The Hall–Kier alpha value is 0.340. The molecule has 0 radical (unpaired) electrons. The highest BCUT2D eigenvalue weighted by atomic mass is 35.5. The van der Waals surface area contributed by atoms with Crippen LogP contribution in [0.4, 0.5) is 0 Å². The van der Waals surface area contributed by atoms with Gasteiger partial charge >= 0.3 is 0 Å². The summed E-state index contributed by atoms with van der Waals surface area (Å²) in [6.45, 7) is 5.54. The van der Waals surface area contributed by atoms with Crippen LogP contribution in [-0.4, -0.2) is 72.2 Å². The molecule has 2 aliphatic heterocycles. The predicted molar refractivity (Wildman–Crippen MR) is 97.4 cm³/mol. The minimum atomic E-state index is -0.990. The molecule has 0 amide bonds. The van der Waals surface area contributed by atoms with Crippen LogP contribution in [0, 0.1) is 10.8 Å². The Labute approximate surface area is 165 Å². The molecule has 2 heterocycles. The van der Waals surface area contributed by atoms with Gasteiger partial charge in [-0.3, -0.25) is 0 Å². The minimum Gasteiger partial charge on any atom is -0.396 e. The fourth-order valence-electron chi connectivity index (χ4n) is 3.75. The van der Waals surface area contributed by atoms with Gasteiger partial charge in [-0.15, -0.1) is 23.2 Å². The first-order valence-corrected chi connectivity index (χ1v) is 10.3. The Morgan fingerprint density at radius 1 is 0.731 bits per heavy atom. The Bertz CT molecular complexity index is 430. The van der Waals surface area contributed by atoms with Crippen molar-refractivity contribution in [3.63, 3.8) is 0 Å². The van der Waals surface area contributed by atoms with Crippen molar-refractivity contribution in [1.82, 2.24) is 0 Å². The van der Waals surface area contributed by atoms with Gasteiger partial charge in [0.15, 0.2) is 11.6 Å². The smallest absolute Gasteiger partial charge is 0.186 e. The molecule has 2 N–H and O–H groups in total. The maximum absolute atomic E-state index is 9.66. The molecule has 8 heteroatoms. The van der Waals surface area contributed by atoms with Gasteiger partial charge in [0.1, 0.15) is 0 Å². The third-order valence-electron chi connectivity index (χ3n) is 6.54. The second-order valence-corrected chi connectivity index (χ2v) is 9.20. The summed E-state index contributed by atoms with van der Waals surface area (Å²) in [5, 5.41) is 18.3. The van der Waals surface area contributed by atoms with E-state index in [4.69, 9.17) is 42.1 Å². The second-order valence-electron chi connectivity index (χ2n) is 8.15. The van der Waals surface area contributed by atoms with Crippen molar-refractivity contribution in [1.29, 1.82) is 0 Å². The van der Waals surface area contributed by atoms with E-state index in [2.05, 4.69) is 0 Å².